The highest BCUT2D eigenvalue weighted by atomic mass is 16.3. The normalized spacial score (nSPS) is 11.9. The molecule has 2 heterocycles. The Labute approximate surface area is 327 Å². The predicted molar refractivity (Wildman–Crippen MR) is 236 cm³/mol. The lowest BCUT2D eigenvalue weighted by Crippen LogP contribution is -2.01. The van der Waals surface area contributed by atoms with E-state index in [9.17, 15) is 0 Å². The molecule has 2 aromatic heterocycles. The molecule has 12 rings (SSSR count). The van der Waals surface area contributed by atoms with E-state index in [4.69, 9.17) is 19.4 Å². The first-order valence-electron chi connectivity index (χ1n) is 19.3. The summed E-state index contributed by atoms with van der Waals surface area (Å²) in [4.78, 5) is 16.1. The zero-order valence-electron chi connectivity index (χ0n) is 30.6. The van der Waals surface area contributed by atoms with Crippen molar-refractivity contribution in [3.63, 3.8) is 0 Å². The maximum absolute atomic E-state index is 6.80. The van der Waals surface area contributed by atoms with Gasteiger partial charge >= 0.3 is 0 Å². The molecule has 0 saturated heterocycles. The van der Waals surface area contributed by atoms with Gasteiger partial charge in [0.2, 0.25) is 0 Å². The summed E-state index contributed by atoms with van der Waals surface area (Å²) in [5.74, 6) is 1.82. The highest BCUT2D eigenvalue weighted by molar-refractivity contribution is 6.18. The molecule has 12 aromatic rings. The number of hydrogen-bond acceptors (Lipinski definition) is 4. The van der Waals surface area contributed by atoms with Crippen molar-refractivity contribution in [1.29, 1.82) is 0 Å². The molecule has 0 unspecified atom stereocenters. The summed E-state index contributed by atoms with van der Waals surface area (Å²) >= 11 is 0. The number of hydrogen-bond donors (Lipinski definition) is 0. The Morgan fingerprint density at radius 1 is 0.298 bits per heavy atom. The van der Waals surface area contributed by atoms with Crippen molar-refractivity contribution in [1.82, 2.24) is 15.0 Å². The fourth-order valence-corrected chi connectivity index (χ4v) is 8.81. The first-order valence-corrected chi connectivity index (χ1v) is 19.3. The summed E-state index contributed by atoms with van der Waals surface area (Å²) in [5, 5.41) is 13.7. The largest absolute Gasteiger partial charge is 0.455 e. The number of aromatic nitrogens is 3. The van der Waals surface area contributed by atoms with Crippen molar-refractivity contribution in [2.45, 2.75) is 0 Å². The van der Waals surface area contributed by atoms with Crippen molar-refractivity contribution in [2.24, 2.45) is 0 Å². The van der Waals surface area contributed by atoms with Crippen LogP contribution in [-0.4, -0.2) is 15.0 Å². The van der Waals surface area contributed by atoms with Crippen molar-refractivity contribution in [3.05, 3.63) is 188 Å². The quantitative estimate of drug-likeness (QED) is 0.170. The van der Waals surface area contributed by atoms with Crippen LogP contribution in [0.5, 0.6) is 0 Å². The molecule has 0 aliphatic heterocycles. The SMILES string of the molecule is c1ccc2c(-c3ccc(-c4nc(-c5ccc6ccc7ccccc7c6c5)nc(-c5cc6ccccc6c6ccccc56)n4)c4c3oc3ccccc34)cccc2c1. The average molecular weight is 726 g/mol. The second-order valence-electron chi connectivity index (χ2n) is 14.7. The number of para-hydroxylation sites is 1. The smallest absolute Gasteiger partial charge is 0.164 e. The van der Waals surface area contributed by atoms with Crippen LogP contribution in [0.3, 0.4) is 0 Å². The van der Waals surface area contributed by atoms with E-state index in [1.54, 1.807) is 0 Å². The maximum Gasteiger partial charge on any atom is 0.164 e. The molecule has 4 nitrogen and oxygen atoms in total. The third kappa shape index (κ3) is 4.98. The summed E-state index contributed by atoms with van der Waals surface area (Å²) in [5.41, 5.74) is 6.54. The molecule has 0 amide bonds. The fraction of sp³-hybridized carbons (Fsp3) is 0. The molecule has 0 fully saturated rings. The minimum Gasteiger partial charge on any atom is -0.455 e. The Bertz CT molecular complexity index is 3600. The van der Waals surface area contributed by atoms with Gasteiger partial charge in [0.05, 0.1) is 0 Å². The van der Waals surface area contributed by atoms with E-state index < -0.39 is 0 Å². The van der Waals surface area contributed by atoms with Gasteiger partial charge in [0, 0.05) is 33.0 Å². The monoisotopic (exact) mass is 725 g/mol. The lowest BCUT2D eigenvalue weighted by molar-refractivity contribution is 0.670. The molecule has 0 bridgehead atoms. The van der Waals surface area contributed by atoms with Gasteiger partial charge in [-0.2, -0.15) is 0 Å². The van der Waals surface area contributed by atoms with Gasteiger partial charge in [-0.25, -0.2) is 15.0 Å². The maximum atomic E-state index is 6.80. The highest BCUT2D eigenvalue weighted by Crippen LogP contribution is 2.44. The second-order valence-corrected chi connectivity index (χ2v) is 14.7. The standard InChI is InChI=1S/C53H31N3O/c1-4-16-37-32(12-1)15-11-22-41(37)43-28-29-45(49-44-21-9-10-23-48(44)57-50(43)49)52-54-51(36-27-26-34-25-24-33-13-2-5-17-38(33)46(34)31-36)55-53(56-52)47-30-35-14-3-6-18-39(35)40-19-7-8-20-42(40)47/h1-31H. The third-order valence-electron chi connectivity index (χ3n) is 11.5. The van der Waals surface area contributed by atoms with Crippen LogP contribution in [0.1, 0.15) is 0 Å². The molecule has 0 aliphatic rings. The minimum absolute atomic E-state index is 0.589. The molecule has 57 heavy (non-hydrogen) atoms. The molecule has 0 aliphatic carbocycles. The van der Waals surface area contributed by atoms with Crippen molar-refractivity contribution in [3.8, 4) is 45.3 Å². The number of furan rings is 1. The summed E-state index contributed by atoms with van der Waals surface area (Å²) in [7, 11) is 0. The van der Waals surface area contributed by atoms with Gasteiger partial charge in [0.15, 0.2) is 17.5 Å². The first-order chi connectivity index (χ1) is 28.2. The Balaban J connectivity index is 1.17. The van der Waals surface area contributed by atoms with E-state index in [1.807, 2.05) is 12.1 Å². The molecular weight excluding hydrogens is 695 g/mol. The van der Waals surface area contributed by atoms with Crippen molar-refractivity contribution >= 4 is 75.8 Å². The molecule has 0 atom stereocenters. The van der Waals surface area contributed by atoms with Gasteiger partial charge in [-0.05, 0) is 89.8 Å². The highest BCUT2D eigenvalue weighted by Gasteiger charge is 2.22. The predicted octanol–water partition coefficient (Wildman–Crippen LogP) is 14.2. The molecule has 0 N–H and O–H groups in total. The van der Waals surface area contributed by atoms with E-state index in [-0.39, 0.29) is 0 Å². The number of fused-ring (bicyclic) bond motifs is 10. The van der Waals surface area contributed by atoms with Crippen molar-refractivity contribution in [2.75, 3.05) is 0 Å². The van der Waals surface area contributed by atoms with E-state index in [2.05, 4.69) is 176 Å². The van der Waals surface area contributed by atoms with Crippen LogP contribution in [-0.2, 0) is 0 Å². The fourth-order valence-electron chi connectivity index (χ4n) is 8.81. The summed E-state index contributed by atoms with van der Waals surface area (Å²) in [6.45, 7) is 0. The van der Waals surface area contributed by atoms with Gasteiger partial charge < -0.3 is 4.42 Å². The number of nitrogens with zero attached hydrogens (tertiary/aromatic N) is 3. The minimum atomic E-state index is 0.589. The number of benzene rings is 10. The molecule has 4 heteroatoms. The van der Waals surface area contributed by atoms with E-state index in [0.717, 1.165) is 71.3 Å². The summed E-state index contributed by atoms with van der Waals surface area (Å²) in [6.07, 6.45) is 0. The first kappa shape index (κ1) is 31.6. The topological polar surface area (TPSA) is 51.8 Å². The van der Waals surface area contributed by atoms with Gasteiger partial charge in [-0.3, -0.25) is 0 Å². The van der Waals surface area contributed by atoms with E-state index in [0.29, 0.717) is 17.5 Å². The molecule has 10 aromatic carbocycles. The lowest BCUT2D eigenvalue weighted by atomic mass is 9.94. The van der Waals surface area contributed by atoms with Gasteiger partial charge in [-0.15, -0.1) is 0 Å². The Hall–Kier alpha value is -7.69. The van der Waals surface area contributed by atoms with Crippen LogP contribution < -0.4 is 0 Å². The molecular formula is C53H31N3O. The molecule has 264 valence electrons. The Morgan fingerprint density at radius 3 is 1.65 bits per heavy atom. The average Bonchev–Trinajstić information content (AvgIpc) is 3.68. The van der Waals surface area contributed by atoms with E-state index in [1.165, 1.54) is 32.3 Å². The third-order valence-corrected chi connectivity index (χ3v) is 11.5. The summed E-state index contributed by atoms with van der Waals surface area (Å²) < 4.78 is 6.80. The van der Waals surface area contributed by atoms with Crippen LogP contribution in [0.25, 0.3) is 121 Å². The second kappa shape index (κ2) is 12.4. The lowest BCUT2D eigenvalue weighted by Gasteiger charge is -2.14. The van der Waals surface area contributed by atoms with Crippen LogP contribution in [0.15, 0.2) is 192 Å². The Morgan fingerprint density at radius 2 is 0.842 bits per heavy atom. The zero-order valence-corrected chi connectivity index (χ0v) is 30.6. The zero-order chi connectivity index (χ0) is 37.5. The van der Waals surface area contributed by atoms with Crippen LogP contribution in [0.2, 0.25) is 0 Å². The molecule has 0 spiro atoms. The molecule has 0 radical (unpaired) electrons. The van der Waals surface area contributed by atoms with Crippen LogP contribution in [0, 0.1) is 0 Å². The van der Waals surface area contributed by atoms with Crippen LogP contribution >= 0.6 is 0 Å². The molecule has 0 saturated carbocycles. The van der Waals surface area contributed by atoms with Crippen LogP contribution in [0.4, 0.5) is 0 Å². The van der Waals surface area contributed by atoms with E-state index >= 15 is 0 Å². The van der Waals surface area contributed by atoms with Gasteiger partial charge in [-0.1, -0.05) is 158 Å². The van der Waals surface area contributed by atoms with Gasteiger partial charge in [0.1, 0.15) is 11.2 Å². The summed E-state index contributed by atoms with van der Waals surface area (Å²) in [6, 6.07) is 66.3. The number of rotatable bonds is 4. The van der Waals surface area contributed by atoms with Gasteiger partial charge in [0.25, 0.3) is 0 Å². The van der Waals surface area contributed by atoms with Crippen molar-refractivity contribution < 1.29 is 4.42 Å². The Kier molecular flexibility index (Phi) is 6.89.